The van der Waals surface area contributed by atoms with E-state index in [0.29, 0.717) is 42.2 Å². The van der Waals surface area contributed by atoms with Crippen LogP contribution in [0.5, 0.6) is 0 Å². The Morgan fingerprint density at radius 3 is 2.88 bits per heavy atom. The summed E-state index contributed by atoms with van der Waals surface area (Å²) in [6.45, 7) is 2.38. The Balaban J connectivity index is 1.60. The van der Waals surface area contributed by atoms with Gasteiger partial charge in [0.1, 0.15) is 11.6 Å². The summed E-state index contributed by atoms with van der Waals surface area (Å²) >= 11 is 0. The zero-order valence-corrected chi connectivity index (χ0v) is 15.4. The van der Waals surface area contributed by atoms with Crippen LogP contribution >= 0.6 is 0 Å². The predicted octanol–water partition coefficient (Wildman–Crippen LogP) is 1.65. The number of likely N-dealkylation sites (tertiary alicyclic amines) is 1. The Morgan fingerprint density at radius 2 is 2.15 bits per heavy atom. The van der Waals surface area contributed by atoms with E-state index in [-0.39, 0.29) is 24.2 Å². The van der Waals surface area contributed by atoms with Crippen molar-refractivity contribution in [1.82, 2.24) is 19.8 Å². The molecule has 6 nitrogen and oxygen atoms in total. The molecule has 0 spiro atoms. The minimum Gasteiger partial charge on any atom is -0.396 e. The molecular formula is C19H27FN4O2. The zero-order chi connectivity index (χ0) is 18.7. The number of benzene rings is 1. The maximum Gasteiger partial charge on any atom is 0.223 e. The molecule has 1 aliphatic rings. The summed E-state index contributed by atoms with van der Waals surface area (Å²) < 4.78 is 13.3. The molecule has 142 valence electrons. The lowest BCUT2D eigenvalue weighted by Gasteiger charge is -2.38. The summed E-state index contributed by atoms with van der Waals surface area (Å²) in [5.41, 5.74) is 1.36. The summed E-state index contributed by atoms with van der Waals surface area (Å²) in [7, 11) is 4.05. The van der Waals surface area contributed by atoms with Crippen LogP contribution in [0.4, 0.5) is 4.39 Å². The Kier molecular flexibility index (Phi) is 5.88. The van der Waals surface area contributed by atoms with Crippen molar-refractivity contribution in [2.24, 2.45) is 11.8 Å². The SMILES string of the molecule is CN(C)C[C@@H]1C[C@@H](CO)CN(C(=O)CCc2nc3ccc(F)cc3[nH]2)C1. The van der Waals surface area contributed by atoms with Gasteiger partial charge in [0.25, 0.3) is 0 Å². The van der Waals surface area contributed by atoms with Gasteiger partial charge in [0.2, 0.25) is 5.91 Å². The molecule has 1 amide bonds. The van der Waals surface area contributed by atoms with Crippen molar-refractivity contribution in [1.29, 1.82) is 0 Å². The topological polar surface area (TPSA) is 72.5 Å². The summed E-state index contributed by atoms with van der Waals surface area (Å²) in [5.74, 6) is 0.998. The minimum atomic E-state index is -0.306. The van der Waals surface area contributed by atoms with Crippen molar-refractivity contribution in [3.63, 3.8) is 0 Å². The van der Waals surface area contributed by atoms with E-state index in [1.54, 1.807) is 6.07 Å². The second-order valence-electron chi connectivity index (χ2n) is 7.56. The number of rotatable bonds is 6. The van der Waals surface area contributed by atoms with E-state index >= 15 is 0 Å². The number of H-pyrrole nitrogens is 1. The number of fused-ring (bicyclic) bond motifs is 1. The van der Waals surface area contributed by atoms with Gasteiger partial charge in [0, 0.05) is 39.1 Å². The number of amides is 1. The third-order valence-electron chi connectivity index (χ3n) is 4.93. The van der Waals surface area contributed by atoms with Crippen LogP contribution in [0.25, 0.3) is 11.0 Å². The monoisotopic (exact) mass is 362 g/mol. The van der Waals surface area contributed by atoms with Gasteiger partial charge in [-0.25, -0.2) is 9.37 Å². The highest BCUT2D eigenvalue weighted by Gasteiger charge is 2.29. The van der Waals surface area contributed by atoms with Crippen molar-refractivity contribution in [2.45, 2.75) is 19.3 Å². The molecule has 0 radical (unpaired) electrons. The fourth-order valence-corrected chi connectivity index (χ4v) is 3.84. The van der Waals surface area contributed by atoms with Crippen LogP contribution in [0.3, 0.4) is 0 Å². The van der Waals surface area contributed by atoms with Crippen molar-refractivity contribution in [3.05, 3.63) is 29.8 Å². The molecule has 1 aromatic heterocycles. The van der Waals surface area contributed by atoms with Crippen LogP contribution in [-0.4, -0.2) is 71.1 Å². The molecule has 0 bridgehead atoms. The number of aromatic nitrogens is 2. The van der Waals surface area contributed by atoms with Gasteiger partial charge in [-0.2, -0.15) is 0 Å². The first-order chi connectivity index (χ1) is 12.4. The minimum absolute atomic E-state index is 0.0820. The Labute approximate surface area is 153 Å². The molecule has 1 aromatic carbocycles. The lowest BCUT2D eigenvalue weighted by molar-refractivity contribution is -0.134. The molecule has 3 rings (SSSR count). The average molecular weight is 362 g/mol. The van der Waals surface area contributed by atoms with Gasteiger partial charge in [0.15, 0.2) is 0 Å². The number of aliphatic hydroxyl groups is 1. The fraction of sp³-hybridized carbons (Fsp3) is 0.579. The van der Waals surface area contributed by atoms with E-state index in [1.807, 2.05) is 19.0 Å². The molecular weight excluding hydrogens is 335 g/mol. The first-order valence-corrected chi connectivity index (χ1v) is 9.12. The van der Waals surface area contributed by atoms with Crippen LogP contribution in [0.15, 0.2) is 18.2 Å². The van der Waals surface area contributed by atoms with Gasteiger partial charge < -0.3 is 19.9 Å². The van der Waals surface area contributed by atoms with Gasteiger partial charge in [-0.15, -0.1) is 0 Å². The number of piperidine rings is 1. The van der Waals surface area contributed by atoms with Gasteiger partial charge in [0.05, 0.1) is 11.0 Å². The highest BCUT2D eigenvalue weighted by molar-refractivity contribution is 5.77. The van der Waals surface area contributed by atoms with Gasteiger partial charge in [-0.3, -0.25) is 4.79 Å². The Morgan fingerprint density at radius 1 is 1.38 bits per heavy atom. The number of aryl methyl sites for hydroxylation is 1. The Bertz CT molecular complexity index is 761. The molecule has 7 heteroatoms. The van der Waals surface area contributed by atoms with Crippen LogP contribution in [0.2, 0.25) is 0 Å². The molecule has 26 heavy (non-hydrogen) atoms. The number of nitrogens with zero attached hydrogens (tertiary/aromatic N) is 3. The fourth-order valence-electron chi connectivity index (χ4n) is 3.84. The predicted molar refractivity (Wildman–Crippen MR) is 98.2 cm³/mol. The molecule has 0 saturated carbocycles. The van der Waals surface area contributed by atoms with Crippen molar-refractivity contribution < 1.29 is 14.3 Å². The lowest BCUT2D eigenvalue weighted by atomic mass is 9.89. The molecule has 0 unspecified atom stereocenters. The number of carbonyl (C=O) groups excluding carboxylic acids is 1. The number of imidazole rings is 1. The highest BCUT2D eigenvalue weighted by atomic mass is 19.1. The summed E-state index contributed by atoms with van der Waals surface area (Å²) in [5, 5.41) is 9.56. The van der Waals surface area contributed by atoms with E-state index in [0.717, 1.165) is 19.5 Å². The molecule has 2 aromatic rings. The number of hydrogen-bond acceptors (Lipinski definition) is 4. The van der Waals surface area contributed by atoms with Gasteiger partial charge >= 0.3 is 0 Å². The Hall–Kier alpha value is -1.99. The quantitative estimate of drug-likeness (QED) is 0.820. The first kappa shape index (κ1) is 18.8. The van der Waals surface area contributed by atoms with E-state index in [2.05, 4.69) is 14.9 Å². The number of aromatic amines is 1. The van der Waals surface area contributed by atoms with E-state index in [1.165, 1.54) is 12.1 Å². The molecule has 0 aliphatic carbocycles. The second-order valence-corrected chi connectivity index (χ2v) is 7.56. The number of nitrogens with one attached hydrogen (secondary N) is 1. The van der Waals surface area contributed by atoms with Crippen molar-refractivity contribution in [2.75, 3.05) is 40.3 Å². The van der Waals surface area contributed by atoms with Gasteiger partial charge in [-0.05, 0) is 50.6 Å². The molecule has 2 heterocycles. The van der Waals surface area contributed by atoms with E-state index in [4.69, 9.17) is 0 Å². The van der Waals surface area contributed by atoms with Crippen molar-refractivity contribution >= 4 is 16.9 Å². The molecule has 1 aliphatic heterocycles. The first-order valence-electron chi connectivity index (χ1n) is 9.12. The highest BCUT2D eigenvalue weighted by Crippen LogP contribution is 2.23. The van der Waals surface area contributed by atoms with Crippen LogP contribution in [-0.2, 0) is 11.2 Å². The third kappa shape index (κ3) is 4.59. The van der Waals surface area contributed by atoms with E-state index in [9.17, 15) is 14.3 Å². The maximum absolute atomic E-state index is 13.3. The number of halogens is 1. The molecule has 1 saturated heterocycles. The zero-order valence-electron chi connectivity index (χ0n) is 15.4. The second kappa shape index (κ2) is 8.14. The lowest BCUT2D eigenvalue weighted by Crippen LogP contribution is -2.47. The van der Waals surface area contributed by atoms with Crippen LogP contribution in [0, 0.1) is 17.7 Å². The largest absolute Gasteiger partial charge is 0.396 e. The normalized spacial score (nSPS) is 20.9. The summed E-state index contributed by atoms with van der Waals surface area (Å²) in [6.07, 6.45) is 1.80. The van der Waals surface area contributed by atoms with E-state index < -0.39 is 0 Å². The molecule has 1 fully saturated rings. The smallest absolute Gasteiger partial charge is 0.223 e. The number of carbonyl (C=O) groups is 1. The van der Waals surface area contributed by atoms with Crippen molar-refractivity contribution in [3.8, 4) is 0 Å². The van der Waals surface area contributed by atoms with Crippen LogP contribution < -0.4 is 0 Å². The maximum atomic E-state index is 13.3. The standard InChI is InChI=1S/C19H27FN4O2/c1-23(2)9-13-7-14(12-25)11-24(10-13)19(26)6-5-18-21-16-4-3-15(20)8-17(16)22-18/h3-4,8,13-14,25H,5-7,9-12H2,1-2H3,(H,21,22)/t13-,14+/m0/s1. The summed E-state index contributed by atoms with van der Waals surface area (Å²) in [6, 6.07) is 4.43. The molecule has 2 N–H and O–H groups in total. The van der Waals surface area contributed by atoms with Gasteiger partial charge in [-0.1, -0.05) is 0 Å². The molecule has 2 atom stereocenters. The number of aliphatic hydroxyl groups excluding tert-OH is 1. The number of hydrogen-bond donors (Lipinski definition) is 2. The average Bonchev–Trinajstić information content (AvgIpc) is 3.00. The third-order valence-corrected chi connectivity index (χ3v) is 4.93. The summed E-state index contributed by atoms with van der Waals surface area (Å²) in [4.78, 5) is 24.2. The van der Waals surface area contributed by atoms with Crippen LogP contribution in [0.1, 0.15) is 18.7 Å².